The van der Waals surface area contributed by atoms with Gasteiger partial charge in [0, 0.05) is 42.8 Å². The molecule has 0 N–H and O–H groups in total. The molecule has 0 bridgehead atoms. The number of amides is 1. The van der Waals surface area contributed by atoms with E-state index in [1.165, 1.54) is 39.7 Å². The quantitative estimate of drug-likeness (QED) is 0.230. The van der Waals surface area contributed by atoms with Crippen molar-refractivity contribution >= 4 is 39.1 Å². The van der Waals surface area contributed by atoms with Crippen molar-refractivity contribution in [1.82, 2.24) is 14.1 Å². The highest BCUT2D eigenvalue weighted by Crippen LogP contribution is 2.30. The predicted molar refractivity (Wildman–Crippen MR) is 163 cm³/mol. The van der Waals surface area contributed by atoms with Gasteiger partial charge in [-0.1, -0.05) is 102 Å². The Kier molecular flexibility index (Phi) is 9.42. The highest BCUT2D eigenvalue weighted by atomic mass is 35.5. The van der Waals surface area contributed by atoms with E-state index < -0.39 is 10.0 Å². The summed E-state index contributed by atoms with van der Waals surface area (Å²) in [4.78, 5) is 17.8. The Labute approximate surface area is 251 Å². The van der Waals surface area contributed by atoms with Crippen molar-refractivity contribution in [3.05, 3.63) is 136 Å². The standard InChI is InChI=1S/C32H31Cl2N3O3S/c33-28-15-17-29(18-16-28)41(39,40)37(23-27-13-7-8-14-30(27)34)24-31(38)35-19-21-36(22-20-35)32(25-9-3-1-4-10-25)26-11-5-2-6-12-26/h1-18,32H,19-24H2. The maximum Gasteiger partial charge on any atom is 0.243 e. The van der Waals surface area contributed by atoms with Crippen LogP contribution in [-0.2, 0) is 21.4 Å². The summed E-state index contributed by atoms with van der Waals surface area (Å²) >= 11 is 12.4. The summed E-state index contributed by atoms with van der Waals surface area (Å²) in [5.41, 5.74) is 3.01. The molecule has 0 radical (unpaired) electrons. The van der Waals surface area contributed by atoms with Gasteiger partial charge in [-0.05, 0) is 47.0 Å². The third-order valence-electron chi connectivity index (χ3n) is 7.33. The van der Waals surface area contributed by atoms with Crippen LogP contribution < -0.4 is 0 Å². The molecular formula is C32H31Cl2N3O3S. The Bertz CT molecular complexity index is 1520. The number of nitrogens with zero attached hydrogens (tertiary/aromatic N) is 3. The molecule has 5 rings (SSSR count). The molecular weight excluding hydrogens is 577 g/mol. The number of rotatable bonds is 9. The van der Waals surface area contributed by atoms with Crippen LogP contribution in [0.5, 0.6) is 0 Å². The van der Waals surface area contributed by atoms with Gasteiger partial charge in [-0.15, -0.1) is 0 Å². The van der Waals surface area contributed by atoms with E-state index in [-0.39, 0.29) is 29.9 Å². The average Bonchev–Trinajstić information content (AvgIpc) is 2.99. The van der Waals surface area contributed by atoms with Gasteiger partial charge < -0.3 is 4.90 Å². The molecule has 0 unspecified atom stereocenters. The molecule has 0 saturated carbocycles. The molecule has 4 aromatic carbocycles. The average molecular weight is 609 g/mol. The van der Waals surface area contributed by atoms with Crippen molar-refractivity contribution in [2.24, 2.45) is 0 Å². The first-order chi connectivity index (χ1) is 19.8. The van der Waals surface area contributed by atoms with E-state index in [2.05, 4.69) is 29.2 Å². The fourth-order valence-corrected chi connectivity index (χ4v) is 6.85. The van der Waals surface area contributed by atoms with E-state index in [1.807, 2.05) is 36.4 Å². The third-order valence-corrected chi connectivity index (χ3v) is 9.76. The molecule has 0 atom stereocenters. The van der Waals surface area contributed by atoms with Crippen molar-refractivity contribution in [1.29, 1.82) is 0 Å². The zero-order valence-electron chi connectivity index (χ0n) is 22.4. The number of hydrogen-bond donors (Lipinski definition) is 0. The number of hydrogen-bond acceptors (Lipinski definition) is 4. The molecule has 4 aromatic rings. The van der Waals surface area contributed by atoms with Crippen LogP contribution in [0.2, 0.25) is 10.0 Å². The minimum atomic E-state index is -4.00. The fraction of sp³-hybridized carbons (Fsp3) is 0.219. The Balaban J connectivity index is 1.33. The van der Waals surface area contributed by atoms with Gasteiger partial charge in [-0.3, -0.25) is 9.69 Å². The smallest absolute Gasteiger partial charge is 0.243 e. The van der Waals surface area contributed by atoms with Gasteiger partial charge in [0.25, 0.3) is 0 Å². The number of sulfonamides is 1. The summed E-state index contributed by atoms with van der Waals surface area (Å²) in [5.74, 6) is -0.245. The van der Waals surface area contributed by atoms with E-state index in [9.17, 15) is 13.2 Å². The van der Waals surface area contributed by atoms with Crippen molar-refractivity contribution in [3.8, 4) is 0 Å². The molecule has 0 aliphatic carbocycles. The number of carbonyl (C=O) groups excluding carboxylic acids is 1. The molecule has 1 heterocycles. The molecule has 9 heteroatoms. The van der Waals surface area contributed by atoms with Gasteiger partial charge in [0.05, 0.1) is 17.5 Å². The topological polar surface area (TPSA) is 60.9 Å². The van der Waals surface area contributed by atoms with Crippen LogP contribution >= 0.6 is 23.2 Å². The zero-order chi connectivity index (χ0) is 28.8. The van der Waals surface area contributed by atoms with Gasteiger partial charge in [-0.2, -0.15) is 4.31 Å². The van der Waals surface area contributed by atoms with Crippen LogP contribution in [0.25, 0.3) is 0 Å². The van der Waals surface area contributed by atoms with Crippen molar-refractivity contribution in [3.63, 3.8) is 0 Å². The van der Waals surface area contributed by atoms with Gasteiger partial charge in [-0.25, -0.2) is 8.42 Å². The second-order valence-corrected chi connectivity index (χ2v) is 12.7. The van der Waals surface area contributed by atoms with Crippen molar-refractivity contribution in [2.45, 2.75) is 17.5 Å². The largest absolute Gasteiger partial charge is 0.339 e. The molecule has 0 spiro atoms. The number of piperazine rings is 1. The Hall–Kier alpha value is -3.20. The first-order valence-electron chi connectivity index (χ1n) is 13.4. The normalized spacial score (nSPS) is 14.5. The first-order valence-corrected chi connectivity index (χ1v) is 15.6. The lowest BCUT2D eigenvalue weighted by molar-refractivity contribution is -0.133. The van der Waals surface area contributed by atoms with Crippen LogP contribution in [0.4, 0.5) is 0 Å². The summed E-state index contributed by atoms with van der Waals surface area (Å²) in [7, 11) is -4.00. The number of benzene rings is 4. The molecule has 0 aromatic heterocycles. The lowest BCUT2D eigenvalue weighted by atomic mass is 9.96. The lowest BCUT2D eigenvalue weighted by Gasteiger charge is -2.40. The Morgan fingerprint density at radius 2 is 1.27 bits per heavy atom. The van der Waals surface area contributed by atoms with Crippen molar-refractivity contribution < 1.29 is 13.2 Å². The first kappa shape index (κ1) is 29.3. The van der Waals surface area contributed by atoms with Gasteiger partial charge in [0.15, 0.2) is 0 Å². The molecule has 1 amide bonds. The van der Waals surface area contributed by atoms with Gasteiger partial charge in [0.1, 0.15) is 0 Å². The Morgan fingerprint density at radius 3 is 1.83 bits per heavy atom. The van der Waals surface area contributed by atoms with Crippen LogP contribution in [0.3, 0.4) is 0 Å². The van der Waals surface area contributed by atoms with Crippen LogP contribution in [0.1, 0.15) is 22.7 Å². The molecule has 212 valence electrons. The van der Waals surface area contributed by atoms with Crippen LogP contribution in [0.15, 0.2) is 114 Å². The highest BCUT2D eigenvalue weighted by molar-refractivity contribution is 7.89. The summed E-state index contributed by atoms with van der Waals surface area (Å²) in [6.07, 6.45) is 0. The second-order valence-electron chi connectivity index (χ2n) is 9.96. The van der Waals surface area contributed by atoms with E-state index >= 15 is 0 Å². The maximum absolute atomic E-state index is 13.7. The van der Waals surface area contributed by atoms with Crippen molar-refractivity contribution in [2.75, 3.05) is 32.7 Å². The molecule has 1 fully saturated rings. The van der Waals surface area contributed by atoms with E-state index in [0.717, 1.165) is 0 Å². The summed E-state index contributed by atoms with van der Waals surface area (Å²) in [6, 6.07) is 33.8. The SMILES string of the molecule is O=C(CN(Cc1ccccc1Cl)S(=O)(=O)c1ccc(Cl)cc1)N1CCN(C(c2ccccc2)c2ccccc2)CC1. The van der Waals surface area contributed by atoms with Gasteiger partial charge in [0.2, 0.25) is 15.9 Å². The van der Waals surface area contributed by atoms with E-state index in [4.69, 9.17) is 23.2 Å². The fourth-order valence-electron chi connectivity index (χ4n) is 5.16. The van der Waals surface area contributed by atoms with Gasteiger partial charge >= 0.3 is 0 Å². The lowest BCUT2D eigenvalue weighted by Crippen LogP contribution is -2.52. The van der Waals surface area contributed by atoms with Crippen LogP contribution in [-0.4, -0.2) is 61.2 Å². The summed E-state index contributed by atoms with van der Waals surface area (Å²) in [5, 5.41) is 0.873. The molecule has 1 saturated heterocycles. The summed E-state index contributed by atoms with van der Waals surface area (Å²) in [6.45, 7) is 1.99. The second kappa shape index (κ2) is 13.2. The zero-order valence-corrected chi connectivity index (χ0v) is 24.8. The number of carbonyl (C=O) groups is 1. The molecule has 1 aliphatic rings. The number of halogens is 2. The highest BCUT2D eigenvalue weighted by Gasteiger charge is 2.32. The Morgan fingerprint density at radius 1 is 0.732 bits per heavy atom. The maximum atomic E-state index is 13.7. The van der Waals surface area contributed by atoms with E-state index in [1.54, 1.807) is 29.2 Å². The molecule has 1 aliphatic heterocycles. The molecule has 6 nitrogen and oxygen atoms in total. The summed E-state index contributed by atoms with van der Waals surface area (Å²) < 4.78 is 28.6. The van der Waals surface area contributed by atoms with Crippen LogP contribution in [0, 0.1) is 0 Å². The minimum Gasteiger partial charge on any atom is -0.339 e. The predicted octanol–water partition coefficient (Wildman–Crippen LogP) is 6.12. The minimum absolute atomic E-state index is 0.0274. The monoisotopic (exact) mass is 607 g/mol. The third kappa shape index (κ3) is 7.00. The van der Waals surface area contributed by atoms with E-state index in [0.29, 0.717) is 41.8 Å². The molecule has 41 heavy (non-hydrogen) atoms.